The molecule has 0 amide bonds. The molecule has 2 rings (SSSR count). The van der Waals surface area contributed by atoms with Crippen LogP contribution in [0.4, 0.5) is 0 Å². The maximum Gasteiger partial charge on any atom is 0.314 e. The van der Waals surface area contributed by atoms with Crippen LogP contribution in [-0.4, -0.2) is 17.9 Å². The minimum Gasteiger partial charge on any atom is -0.507 e. The summed E-state index contributed by atoms with van der Waals surface area (Å²) in [6, 6.07) is 11.5. The van der Waals surface area contributed by atoms with Gasteiger partial charge < -0.3 is 14.6 Å². The van der Waals surface area contributed by atoms with Crippen molar-refractivity contribution in [2.24, 2.45) is 5.41 Å². The summed E-state index contributed by atoms with van der Waals surface area (Å²) in [6.45, 7) is 9.27. The van der Waals surface area contributed by atoms with Crippen LogP contribution in [0.2, 0.25) is 0 Å². The molecule has 0 atom stereocenters. The maximum atomic E-state index is 11.9. The standard InChI is InChI=1S/C22H28O4/c1-6-8-16-12-18(23)20(17-10-7-9-15(2)11-17)19(13-16)25-14-26-21(24)22(3,4)5/h7,9-13,23H,6,8,14H2,1-5H3. The second-order valence-corrected chi connectivity index (χ2v) is 7.55. The first-order valence-electron chi connectivity index (χ1n) is 8.95. The average Bonchev–Trinajstić information content (AvgIpc) is 2.54. The number of carbonyl (C=O) groups excluding carboxylic acids is 1. The van der Waals surface area contributed by atoms with E-state index >= 15 is 0 Å². The lowest BCUT2D eigenvalue weighted by Gasteiger charge is -2.19. The summed E-state index contributed by atoms with van der Waals surface area (Å²) in [6.07, 6.45) is 1.79. The fourth-order valence-corrected chi connectivity index (χ4v) is 2.66. The zero-order chi connectivity index (χ0) is 19.3. The first-order valence-corrected chi connectivity index (χ1v) is 8.95. The SMILES string of the molecule is CCCc1cc(O)c(-c2cccc(C)c2)c(OCOC(=O)C(C)(C)C)c1. The molecule has 0 saturated carbocycles. The number of benzene rings is 2. The van der Waals surface area contributed by atoms with E-state index in [-0.39, 0.29) is 18.5 Å². The highest BCUT2D eigenvalue weighted by atomic mass is 16.7. The molecule has 0 radical (unpaired) electrons. The van der Waals surface area contributed by atoms with Crippen molar-refractivity contribution < 1.29 is 19.4 Å². The summed E-state index contributed by atoms with van der Waals surface area (Å²) in [5.74, 6) is 0.350. The van der Waals surface area contributed by atoms with Crippen LogP contribution in [0.5, 0.6) is 11.5 Å². The van der Waals surface area contributed by atoms with E-state index in [0.717, 1.165) is 29.5 Å². The zero-order valence-corrected chi connectivity index (χ0v) is 16.3. The lowest BCUT2D eigenvalue weighted by Crippen LogP contribution is -2.24. The molecule has 140 valence electrons. The van der Waals surface area contributed by atoms with E-state index in [0.29, 0.717) is 11.3 Å². The second-order valence-electron chi connectivity index (χ2n) is 7.55. The monoisotopic (exact) mass is 356 g/mol. The van der Waals surface area contributed by atoms with Crippen LogP contribution in [0.3, 0.4) is 0 Å². The van der Waals surface area contributed by atoms with Crippen molar-refractivity contribution in [3.8, 4) is 22.6 Å². The molecular weight excluding hydrogens is 328 g/mol. The third kappa shape index (κ3) is 5.01. The van der Waals surface area contributed by atoms with Crippen molar-refractivity contribution in [3.05, 3.63) is 47.5 Å². The molecule has 0 aliphatic carbocycles. The number of carbonyl (C=O) groups is 1. The van der Waals surface area contributed by atoms with E-state index in [4.69, 9.17) is 9.47 Å². The van der Waals surface area contributed by atoms with Crippen molar-refractivity contribution >= 4 is 5.97 Å². The Labute approximate surface area is 155 Å². The lowest BCUT2D eigenvalue weighted by molar-refractivity contribution is -0.159. The molecule has 0 aromatic heterocycles. The van der Waals surface area contributed by atoms with Crippen molar-refractivity contribution in [3.63, 3.8) is 0 Å². The Bertz CT molecular complexity index is 772. The summed E-state index contributed by atoms with van der Waals surface area (Å²) in [5, 5.41) is 10.6. The molecule has 1 N–H and O–H groups in total. The predicted octanol–water partition coefficient (Wildman–Crippen LogP) is 5.25. The number of hydrogen-bond acceptors (Lipinski definition) is 4. The minimum absolute atomic E-state index is 0.165. The van der Waals surface area contributed by atoms with Crippen LogP contribution in [0.15, 0.2) is 36.4 Å². The van der Waals surface area contributed by atoms with E-state index in [1.165, 1.54) is 0 Å². The van der Waals surface area contributed by atoms with Gasteiger partial charge in [0.15, 0.2) is 0 Å². The van der Waals surface area contributed by atoms with Crippen molar-refractivity contribution in [1.29, 1.82) is 0 Å². The molecule has 0 saturated heterocycles. The molecule has 26 heavy (non-hydrogen) atoms. The van der Waals surface area contributed by atoms with Crippen LogP contribution in [0.25, 0.3) is 11.1 Å². The van der Waals surface area contributed by atoms with Gasteiger partial charge in [-0.15, -0.1) is 0 Å². The summed E-state index contributed by atoms with van der Waals surface area (Å²) < 4.78 is 11.0. The molecule has 0 aliphatic rings. The fourth-order valence-electron chi connectivity index (χ4n) is 2.66. The van der Waals surface area contributed by atoms with Gasteiger partial charge >= 0.3 is 5.97 Å². The number of rotatable bonds is 6. The average molecular weight is 356 g/mol. The highest BCUT2D eigenvalue weighted by molar-refractivity contribution is 5.78. The van der Waals surface area contributed by atoms with E-state index in [9.17, 15) is 9.90 Å². The Hall–Kier alpha value is -2.49. The van der Waals surface area contributed by atoms with Gasteiger partial charge in [0.1, 0.15) is 11.5 Å². The Balaban J connectivity index is 2.33. The Kier molecular flexibility index (Phi) is 6.30. The summed E-state index contributed by atoms with van der Waals surface area (Å²) in [4.78, 5) is 11.9. The molecule has 4 heteroatoms. The molecule has 0 unspecified atom stereocenters. The highest BCUT2D eigenvalue weighted by Gasteiger charge is 2.23. The molecule has 2 aromatic carbocycles. The highest BCUT2D eigenvalue weighted by Crippen LogP contribution is 2.39. The normalized spacial score (nSPS) is 11.3. The number of phenolic OH excluding ortho intramolecular Hbond substituents is 1. The maximum absolute atomic E-state index is 11.9. The topological polar surface area (TPSA) is 55.8 Å². The Morgan fingerprint density at radius 2 is 1.88 bits per heavy atom. The van der Waals surface area contributed by atoms with Crippen molar-refractivity contribution in [2.75, 3.05) is 6.79 Å². The third-order valence-electron chi connectivity index (χ3n) is 4.00. The molecule has 0 bridgehead atoms. The second kappa shape index (κ2) is 8.26. The van der Waals surface area contributed by atoms with Crippen LogP contribution >= 0.6 is 0 Å². The van der Waals surface area contributed by atoms with Crippen molar-refractivity contribution in [1.82, 2.24) is 0 Å². The molecule has 0 aliphatic heterocycles. The first kappa shape index (κ1) is 19.8. The Morgan fingerprint density at radius 1 is 1.15 bits per heavy atom. The number of hydrogen-bond donors (Lipinski definition) is 1. The molecule has 0 spiro atoms. The minimum atomic E-state index is -0.588. The van der Waals surface area contributed by atoms with E-state index < -0.39 is 5.41 Å². The quantitative estimate of drug-likeness (QED) is 0.567. The lowest BCUT2D eigenvalue weighted by atomic mass is 9.97. The summed E-state index contributed by atoms with van der Waals surface area (Å²) >= 11 is 0. The van der Waals surface area contributed by atoms with E-state index in [2.05, 4.69) is 6.92 Å². The smallest absolute Gasteiger partial charge is 0.314 e. The van der Waals surface area contributed by atoms with Gasteiger partial charge in [-0.1, -0.05) is 43.2 Å². The van der Waals surface area contributed by atoms with E-state index in [1.807, 2.05) is 37.3 Å². The summed E-state index contributed by atoms with van der Waals surface area (Å²) in [5.41, 5.74) is 2.96. The molecule has 0 heterocycles. The van der Waals surface area contributed by atoms with Crippen LogP contribution < -0.4 is 4.74 Å². The predicted molar refractivity (Wildman–Crippen MR) is 103 cm³/mol. The van der Waals surface area contributed by atoms with Gasteiger partial charge in [-0.25, -0.2) is 0 Å². The van der Waals surface area contributed by atoms with Gasteiger partial charge in [-0.3, -0.25) is 4.79 Å². The number of aryl methyl sites for hydroxylation is 2. The van der Waals surface area contributed by atoms with Gasteiger partial charge in [0.2, 0.25) is 6.79 Å². The van der Waals surface area contributed by atoms with Gasteiger partial charge in [-0.05, 0) is 57.4 Å². The number of phenols is 1. The molecule has 4 nitrogen and oxygen atoms in total. The van der Waals surface area contributed by atoms with Crippen LogP contribution in [-0.2, 0) is 16.0 Å². The zero-order valence-electron chi connectivity index (χ0n) is 16.3. The van der Waals surface area contributed by atoms with Gasteiger partial charge in [0.25, 0.3) is 0 Å². The van der Waals surface area contributed by atoms with E-state index in [1.54, 1.807) is 26.8 Å². The van der Waals surface area contributed by atoms with Crippen LogP contribution in [0, 0.1) is 12.3 Å². The van der Waals surface area contributed by atoms with Gasteiger partial charge in [-0.2, -0.15) is 0 Å². The van der Waals surface area contributed by atoms with Crippen LogP contribution in [0.1, 0.15) is 45.2 Å². The van der Waals surface area contributed by atoms with Gasteiger partial charge in [0.05, 0.1) is 11.0 Å². The fraction of sp³-hybridized carbons (Fsp3) is 0.409. The molecule has 0 fully saturated rings. The largest absolute Gasteiger partial charge is 0.507 e. The Morgan fingerprint density at radius 3 is 2.50 bits per heavy atom. The van der Waals surface area contributed by atoms with Crippen molar-refractivity contribution in [2.45, 2.75) is 47.5 Å². The molecular formula is C22H28O4. The number of aromatic hydroxyl groups is 1. The number of ether oxygens (including phenoxy) is 2. The molecule has 2 aromatic rings. The van der Waals surface area contributed by atoms with Gasteiger partial charge in [0, 0.05) is 0 Å². The first-order chi connectivity index (χ1) is 12.2. The number of esters is 1. The summed E-state index contributed by atoms with van der Waals surface area (Å²) in [7, 11) is 0. The third-order valence-corrected chi connectivity index (χ3v) is 4.00.